The Labute approximate surface area is 122 Å². The molecule has 0 fully saturated rings. The standard InChI is InChI=1S/C14H19NO6/c1-19-8-15(13(17)18)14(21-9-20-2)7-12(16)10-5-3-4-6-11(10)14/h3-6,12,16H,7-9H2,1-2H3,(H,17,18)/t12?,14-/m1/s1. The number of nitrogens with zero attached hydrogens (tertiary/aromatic N) is 1. The fourth-order valence-corrected chi connectivity index (χ4v) is 2.70. The van der Waals surface area contributed by atoms with Crippen molar-refractivity contribution < 1.29 is 29.2 Å². The maximum absolute atomic E-state index is 11.6. The van der Waals surface area contributed by atoms with Crippen LogP contribution in [0.4, 0.5) is 4.79 Å². The van der Waals surface area contributed by atoms with Gasteiger partial charge in [-0.25, -0.2) is 4.79 Å². The van der Waals surface area contributed by atoms with Gasteiger partial charge in [0, 0.05) is 26.2 Å². The molecule has 7 heteroatoms. The maximum Gasteiger partial charge on any atom is 0.411 e. The van der Waals surface area contributed by atoms with Crippen molar-refractivity contribution in [3.8, 4) is 0 Å². The zero-order valence-corrected chi connectivity index (χ0v) is 12.0. The molecule has 2 atom stereocenters. The van der Waals surface area contributed by atoms with E-state index in [9.17, 15) is 15.0 Å². The normalized spacial score (nSPS) is 23.9. The highest BCUT2D eigenvalue weighted by atomic mass is 16.7. The Kier molecular flexibility index (Phi) is 4.79. The van der Waals surface area contributed by atoms with Gasteiger partial charge in [0.15, 0.2) is 5.72 Å². The molecule has 0 saturated heterocycles. The summed E-state index contributed by atoms with van der Waals surface area (Å²) < 4.78 is 15.6. The van der Waals surface area contributed by atoms with Gasteiger partial charge in [-0.1, -0.05) is 24.3 Å². The lowest BCUT2D eigenvalue weighted by atomic mass is 10.0. The fraction of sp³-hybridized carbons (Fsp3) is 0.500. The molecule has 0 bridgehead atoms. The summed E-state index contributed by atoms with van der Waals surface area (Å²) in [7, 11) is 2.85. The third-order valence-corrected chi connectivity index (χ3v) is 3.55. The van der Waals surface area contributed by atoms with Crippen molar-refractivity contribution in [2.24, 2.45) is 0 Å². The first kappa shape index (κ1) is 15.7. The van der Waals surface area contributed by atoms with Crippen molar-refractivity contribution in [1.82, 2.24) is 4.90 Å². The Morgan fingerprint density at radius 2 is 2.10 bits per heavy atom. The van der Waals surface area contributed by atoms with E-state index in [1.807, 2.05) is 0 Å². The van der Waals surface area contributed by atoms with Gasteiger partial charge in [-0.15, -0.1) is 0 Å². The van der Waals surface area contributed by atoms with Crippen LogP contribution in [0.5, 0.6) is 0 Å². The summed E-state index contributed by atoms with van der Waals surface area (Å²) in [6.45, 7) is -0.283. The number of aliphatic hydroxyl groups excluding tert-OH is 1. The molecule has 0 spiro atoms. The zero-order valence-electron chi connectivity index (χ0n) is 12.0. The molecule has 0 radical (unpaired) electrons. The second-order valence-electron chi connectivity index (χ2n) is 4.77. The largest absolute Gasteiger partial charge is 0.465 e. The van der Waals surface area contributed by atoms with E-state index in [0.717, 1.165) is 4.90 Å². The summed E-state index contributed by atoms with van der Waals surface area (Å²) in [4.78, 5) is 12.6. The summed E-state index contributed by atoms with van der Waals surface area (Å²) >= 11 is 0. The van der Waals surface area contributed by atoms with Crippen LogP contribution in [0.15, 0.2) is 24.3 Å². The van der Waals surface area contributed by atoms with E-state index < -0.39 is 17.9 Å². The number of carboxylic acid groups (broad SMARTS) is 1. The molecule has 1 aliphatic carbocycles. The Balaban J connectivity index is 2.50. The smallest absolute Gasteiger partial charge is 0.411 e. The Morgan fingerprint density at radius 1 is 1.38 bits per heavy atom. The fourth-order valence-electron chi connectivity index (χ4n) is 2.70. The van der Waals surface area contributed by atoms with Crippen molar-refractivity contribution in [2.45, 2.75) is 18.2 Å². The molecule has 0 aliphatic heterocycles. The van der Waals surface area contributed by atoms with Crippen molar-refractivity contribution in [3.05, 3.63) is 35.4 Å². The van der Waals surface area contributed by atoms with E-state index in [0.29, 0.717) is 11.1 Å². The number of hydrogen-bond donors (Lipinski definition) is 2. The third-order valence-electron chi connectivity index (χ3n) is 3.55. The second kappa shape index (κ2) is 6.40. The van der Waals surface area contributed by atoms with E-state index >= 15 is 0 Å². The first-order valence-electron chi connectivity index (χ1n) is 6.46. The molecule has 0 heterocycles. The molecule has 21 heavy (non-hydrogen) atoms. The van der Waals surface area contributed by atoms with Crippen molar-refractivity contribution >= 4 is 6.09 Å². The van der Waals surface area contributed by atoms with E-state index in [-0.39, 0.29) is 19.9 Å². The van der Waals surface area contributed by atoms with Crippen molar-refractivity contribution in [3.63, 3.8) is 0 Å². The van der Waals surface area contributed by atoms with Crippen LogP contribution in [0.1, 0.15) is 23.7 Å². The van der Waals surface area contributed by atoms with Crippen molar-refractivity contribution in [1.29, 1.82) is 0 Å². The Bertz CT molecular complexity index is 508. The van der Waals surface area contributed by atoms with Crippen LogP contribution < -0.4 is 0 Å². The second-order valence-corrected chi connectivity index (χ2v) is 4.77. The predicted molar refractivity (Wildman–Crippen MR) is 72.4 cm³/mol. The van der Waals surface area contributed by atoms with E-state index in [4.69, 9.17) is 14.2 Å². The highest BCUT2D eigenvalue weighted by Crippen LogP contribution is 2.47. The van der Waals surface area contributed by atoms with Crippen LogP contribution in [-0.4, -0.2) is 48.9 Å². The highest BCUT2D eigenvalue weighted by Gasteiger charge is 2.51. The van der Waals surface area contributed by atoms with E-state index in [1.54, 1.807) is 24.3 Å². The third kappa shape index (κ3) is 2.73. The van der Waals surface area contributed by atoms with Crippen LogP contribution >= 0.6 is 0 Å². The van der Waals surface area contributed by atoms with Crippen LogP contribution in [0, 0.1) is 0 Å². The average molecular weight is 297 g/mol. The molecule has 0 saturated carbocycles. The predicted octanol–water partition coefficient (Wildman–Crippen LogP) is 1.48. The molecule has 1 aliphatic rings. The number of amides is 1. The maximum atomic E-state index is 11.6. The number of methoxy groups -OCH3 is 2. The molecule has 2 rings (SSSR count). The van der Waals surface area contributed by atoms with Crippen molar-refractivity contribution in [2.75, 3.05) is 27.7 Å². The summed E-state index contributed by atoms with van der Waals surface area (Å²) in [6.07, 6.45) is -1.92. The number of hydrogen-bond acceptors (Lipinski definition) is 5. The van der Waals surface area contributed by atoms with E-state index in [2.05, 4.69) is 0 Å². The lowest BCUT2D eigenvalue weighted by molar-refractivity contribution is -0.220. The van der Waals surface area contributed by atoms with Gasteiger partial charge in [0.05, 0.1) is 6.10 Å². The monoisotopic (exact) mass is 297 g/mol. The quantitative estimate of drug-likeness (QED) is 0.773. The van der Waals surface area contributed by atoms with Gasteiger partial charge >= 0.3 is 6.09 Å². The highest BCUT2D eigenvalue weighted by molar-refractivity contribution is 5.67. The first-order valence-corrected chi connectivity index (χ1v) is 6.46. The molecule has 0 aromatic heterocycles. The Hall–Kier alpha value is -1.67. The zero-order chi connectivity index (χ0) is 15.5. The summed E-state index contributed by atoms with van der Waals surface area (Å²) in [5.41, 5.74) is -0.0709. The van der Waals surface area contributed by atoms with Gasteiger partial charge in [-0.2, -0.15) is 0 Å². The molecule has 7 nitrogen and oxygen atoms in total. The lowest BCUT2D eigenvalue weighted by Gasteiger charge is -2.39. The summed E-state index contributed by atoms with van der Waals surface area (Å²) in [5, 5.41) is 19.7. The van der Waals surface area contributed by atoms with Crippen LogP contribution in [-0.2, 0) is 19.9 Å². The number of ether oxygens (including phenoxy) is 3. The van der Waals surface area contributed by atoms with Gasteiger partial charge in [0.25, 0.3) is 0 Å². The minimum Gasteiger partial charge on any atom is -0.465 e. The van der Waals surface area contributed by atoms with Gasteiger partial charge in [-0.05, 0) is 5.56 Å². The Morgan fingerprint density at radius 3 is 2.71 bits per heavy atom. The number of aliphatic hydroxyl groups is 1. The first-order chi connectivity index (χ1) is 10.1. The average Bonchev–Trinajstić information content (AvgIpc) is 2.76. The van der Waals surface area contributed by atoms with Gasteiger partial charge in [0.2, 0.25) is 0 Å². The molecule has 1 unspecified atom stereocenters. The molecule has 2 N–H and O–H groups in total. The molecule has 1 aromatic carbocycles. The molecule has 1 aromatic rings. The number of fused-ring (bicyclic) bond motifs is 1. The van der Waals surface area contributed by atoms with Crippen LogP contribution in [0.3, 0.4) is 0 Å². The van der Waals surface area contributed by atoms with Crippen LogP contribution in [0.2, 0.25) is 0 Å². The van der Waals surface area contributed by atoms with Gasteiger partial charge in [-0.3, -0.25) is 4.90 Å². The molecular weight excluding hydrogens is 278 g/mol. The van der Waals surface area contributed by atoms with Gasteiger partial charge in [0.1, 0.15) is 13.5 Å². The number of benzene rings is 1. The minimum atomic E-state index is -1.33. The summed E-state index contributed by atoms with van der Waals surface area (Å²) in [5.74, 6) is 0. The lowest BCUT2D eigenvalue weighted by Crippen LogP contribution is -2.51. The topological polar surface area (TPSA) is 88.5 Å². The molecular formula is C14H19NO6. The van der Waals surface area contributed by atoms with E-state index in [1.165, 1.54) is 14.2 Å². The molecule has 1 amide bonds. The molecule has 116 valence electrons. The number of rotatable bonds is 6. The summed E-state index contributed by atoms with van der Waals surface area (Å²) in [6, 6.07) is 7.06. The number of carbonyl (C=O) groups is 1. The minimum absolute atomic E-state index is 0.0887. The van der Waals surface area contributed by atoms with Crippen LogP contribution in [0.25, 0.3) is 0 Å². The SMILES string of the molecule is COCO[C@]1(N(COC)C(=O)O)CC(O)c2ccccc21. The van der Waals surface area contributed by atoms with Gasteiger partial charge < -0.3 is 24.4 Å².